The average molecular weight is 354 g/mol. The Labute approximate surface area is 154 Å². The summed E-state index contributed by atoms with van der Waals surface area (Å²) in [5, 5.41) is 0. The van der Waals surface area contributed by atoms with Gasteiger partial charge in [-0.05, 0) is 51.0 Å². The van der Waals surface area contributed by atoms with Gasteiger partial charge in [0.05, 0.1) is 11.0 Å². The highest BCUT2D eigenvalue weighted by Gasteiger charge is 2.50. The van der Waals surface area contributed by atoms with E-state index < -0.39 is 5.41 Å². The summed E-state index contributed by atoms with van der Waals surface area (Å²) in [6, 6.07) is 6.98. The van der Waals surface area contributed by atoms with E-state index in [2.05, 4.69) is 0 Å². The Hall–Kier alpha value is -2.17. The molecule has 1 saturated carbocycles. The molecule has 0 N–H and O–H groups in total. The number of likely N-dealkylation sites (tertiary alicyclic amines) is 2. The fraction of sp³-hybridized carbons (Fsp3) is 0.571. The number of carbonyl (C=O) groups excluding carboxylic acids is 3. The average Bonchev–Trinajstić information content (AvgIpc) is 3.36. The number of nitrogens with zero attached hydrogens (tertiary/aromatic N) is 2. The van der Waals surface area contributed by atoms with Crippen LogP contribution in [0.1, 0.15) is 59.7 Å². The van der Waals surface area contributed by atoms with E-state index in [4.69, 9.17) is 0 Å². The number of piperidine rings is 1. The third kappa shape index (κ3) is 3.04. The Bertz CT molecular complexity index is 755. The van der Waals surface area contributed by atoms with Gasteiger partial charge in [0.15, 0.2) is 5.78 Å². The van der Waals surface area contributed by atoms with Gasteiger partial charge in [-0.3, -0.25) is 14.4 Å². The van der Waals surface area contributed by atoms with E-state index >= 15 is 0 Å². The Morgan fingerprint density at radius 3 is 2.54 bits per heavy atom. The van der Waals surface area contributed by atoms with Crippen LogP contribution >= 0.6 is 0 Å². The van der Waals surface area contributed by atoms with Crippen LogP contribution in [0.4, 0.5) is 0 Å². The quantitative estimate of drug-likeness (QED) is 0.781. The van der Waals surface area contributed by atoms with Gasteiger partial charge in [0.1, 0.15) is 0 Å². The minimum Gasteiger partial charge on any atom is -0.342 e. The van der Waals surface area contributed by atoms with Crippen molar-refractivity contribution in [2.24, 2.45) is 11.3 Å². The zero-order valence-electron chi connectivity index (χ0n) is 15.4. The van der Waals surface area contributed by atoms with Gasteiger partial charge in [0.2, 0.25) is 5.91 Å². The number of benzene rings is 1. The third-order valence-corrected chi connectivity index (χ3v) is 6.18. The molecule has 1 aliphatic carbocycles. The Kier molecular flexibility index (Phi) is 4.33. The molecule has 0 bridgehead atoms. The van der Waals surface area contributed by atoms with Crippen LogP contribution in [0, 0.1) is 11.3 Å². The predicted molar refractivity (Wildman–Crippen MR) is 97.9 cm³/mol. The topological polar surface area (TPSA) is 57.7 Å². The molecule has 1 atom stereocenters. The van der Waals surface area contributed by atoms with Gasteiger partial charge in [-0.1, -0.05) is 18.2 Å². The van der Waals surface area contributed by atoms with Crippen LogP contribution < -0.4 is 0 Å². The molecule has 2 saturated heterocycles. The number of rotatable bonds is 4. The molecule has 2 aliphatic heterocycles. The molecule has 1 aromatic carbocycles. The van der Waals surface area contributed by atoms with Crippen LogP contribution in [0.5, 0.6) is 0 Å². The fourth-order valence-corrected chi connectivity index (χ4v) is 4.51. The number of ketones is 1. The number of Topliss-reactive ketones (excluding diaryl/α,β-unsaturated/α-hetero) is 1. The number of amides is 2. The zero-order chi connectivity index (χ0) is 18.3. The van der Waals surface area contributed by atoms with Crippen LogP contribution in [-0.4, -0.2) is 53.6 Å². The van der Waals surface area contributed by atoms with Crippen molar-refractivity contribution >= 4 is 17.6 Å². The molecule has 1 spiro atoms. The third-order valence-electron chi connectivity index (χ3n) is 6.18. The van der Waals surface area contributed by atoms with Crippen molar-refractivity contribution in [3.05, 3.63) is 35.4 Å². The van der Waals surface area contributed by atoms with Gasteiger partial charge < -0.3 is 9.80 Å². The first kappa shape index (κ1) is 17.3. The lowest BCUT2D eigenvalue weighted by atomic mass is 9.78. The van der Waals surface area contributed by atoms with Gasteiger partial charge in [0.25, 0.3) is 5.91 Å². The minimum absolute atomic E-state index is 0.104. The number of hydrogen-bond acceptors (Lipinski definition) is 3. The maximum atomic E-state index is 13.1. The summed E-state index contributed by atoms with van der Waals surface area (Å²) in [7, 11) is 0. The van der Waals surface area contributed by atoms with Gasteiger partial charge in [-0.2, -0.15) is 0 Å². The standard InChI is InChI=1S/C21H26N2O3/c1-15(24)17-5-2-3-6-18(17)19(25)23-12-10-21(14-23)9-4-11-22(20(21)26)13-16-7-8-16/h2-3,5-6,16H,4,7-14H2,1H3/t21-/m0/s1. The Balaban J connectivity index is 1.52. The molecule has 5 heteroatoms. The molecule has 1 aromatic rings. The summed E-state index contributed by atoms with van der Waals surface area (Å²) in [6.45, 7) is 4.31. The highest BCUT2D eigenvalue weighted by molar-refractivity contribution is 6.07. The van der Waals surface area contributed by atoms with E-state index in [0.717, 1.165) is 32.4 Å². The van der Waals surface area contributed by atoms with E-state index in [1.54, 1.807) is 29.2 Å². The first-order chi connectivity index (χ1) is 12.5. The minimum atomic E-state index is -0.409. The number of carbonyl (C=O) groups is 3. The predicted octanol–water partition coefficient (Wildman–Crippen LogP) is 2.75. The van der Waals surface area contributed by atoms with E-state index in [0.29, 0.717) is 30.1 Å². The second kappa shape index (κ2) is 6.53. The molecule has 0 unspecified atom stereocenters. The molecule has 0 radical (unpaired) electrons. The molecule has 2 amide bonds. The Morgan fingerprint density at radius 2 is 1.85 bits per heavy atom. The van der Waals surface area contributed by atoms with Gasteiger partial charge in [0, 0.05) is 31.7 Å². The molecule has 138 valence electrons. The molecule has 3 fully saturated rings. The zero-order valence-corrected chi connectivity index (χ0v) is 15.4. The van der Waals surface area contributed by atoms with Crippen molar-refractivity contribution in [3.8, 4) is 0 Å². The van der Waals surface area contributed by atoms with Crippen molar-refractivity contribution in [2.45, 2.75) is 39.0 Å². The monoisotopic (exact) mass is 354 g/mol. The summed E-state index contributed by atoms with van der Waals surface area (Å²) < 4.78 is 0. The van der Waals surface area contributed by atoms with E-state index in [1.165, 1.54) is 19.8 Å². The number of hydrogen-bond donors (Lipinski definition) is 0. The molecule has 0 aromatic heterocycles. The van der Waals surface area contributed by atoms with E-state index in [-0.39, 0.29) is 17.6 Å². The molecule has 4 rings (SSSR count). The molecule has 2 heterocycles. The maximum Gasteiger partial charge on any atom is 0.254 e. The van der Waals surface area contributed by atoms with Crippen molar-refractivity contribution in [1.82, 2.24) is 9.80 Å². The molecule has 3 aliphatic rings. The van der Waals surface area contributed by atoms with Gasteiger partial charge >= 0.3 is 0 Å². The molecular formula is C21H26N2O3. The van der Waals surface area contributed by atoms with E-state index in [1.807, 2.05) is 4.90 Å². The van der Waals surface area contributed by atoms with Crippen LogP contribution in [0.2, 0.25) is 0 Å². The first-order valence-electron chi connectivity index (χ1n) is 9.69. The van der Waals surface area contributed by atoms with Crippen LogP contribution in [-0.2, 0) is 4.79 Å². The highest BCUT2D eigenvalue weighted by Crippen LogP contribution is 2.42. The lowest BCUT2D eigenvalue weighted by Gasteiger charge is -2.39. The van der Waals surface area contributed by atoms with Crippen LogP contribution in [0.25, 0.3) is 0 Å². The molecule has 26 heavy (non-hydrogen) atoms. The normalized spacial score (nSPS) is 25.8. The van der Waals surface area contributed by atoms with Crippen LogP contribution in [0.3, 0.4) is 0 Å². The summed E-state index contributed by atoms with van der Waals surface area (Å²) in [5.74, 6) is 0.702. The van der Waals surface area contributed by atoms with Gasteiger partial charge in [-0.25, -0.2) is 0 Å². The van der Waals surface area contributed by atoms with Crippen LogP contribution in [0.15, 0.2) is 24.3 Å². The summed E-state index contributed by atoms with van der Waals surface area (Å²) in [5.41, 5.74) is 0.507. The second-order valence-electron chi connectivity index (χ2n) is 8.16. The SMILES string of the molecule is CC(=O)c1ccccc1C(=O)N1CC[C@@]2(CCCN(CC3CC3)C2=O)C1. The second-order valence-corrected chi connectivity index (χ2v) is 8.16. The molecule has 5 nitrogen and oxygen atoms in total. The highest BCUT2D eigenvalue weighted by atomic mass is 16.2. The lowest BCUT2D eigenvalue weighted by molar-refractivity contribution is -0.145. The van der Waals surface area contributed by atoms with E-state index in [9.17, 15) is 14.4 Å². The van der Waals surface area contributed by atoms with Crippen molar-refractivity contribution in [2.75, 3.05) is 26.2 Å². The smallest absolute Gasteiger partial charge is 0.254 e. The van der Waals surface area contributed by atoms with Crippen molar-refractivity contribution in [3.63, 3.8) is 0 Å². The van der Waals surface area contributed by atoms with Crippen molar-refractivity contribution in [1.29, 1.82) is 0 Å². The molecular weight excluding hydrogens is 328 g/mol. The summed E-state index contributed by atoms with van der Waals surface area (Å²) in [6.07, 6.45) is 5.10. The maximum absolute atomic E-state index is 13.1. The summed E-state index contributed by atoms with van der Waals surface area (Å²) >= 11 is 0. The first-order valence-corrected chi connectivity index (χ1v) is 9.69. The Morgan fingerprint density at radius 1 is 1.12 bits per heavy atom. The van der Waals surface area contributed by atoms with Gasteiger partial charge in [-0.15, -0.1) is 0 Å². The largest absolute Gasteiger partial charge is 0.342 e. The fourth-order valence-electron chi connectivity index (χ4n) is 4.51. The summed E-state index contributed by atoms with van der Waals surface area (Å²) in [4.78, 5) is 41.8. The van der Waals surface area contributed by atoms with Crippen molar-refractivity contribution < 1.29 is 14.4 Å². The lowest BCUT2D eigenvalue weighted by Crippen LogP contribution is -2.51.